The van der Waals surface area contributed by atoms with E-state index in [1.54, 1.807) is 11.3 Å². The molecule has 1 aliphatic rings. The van der Waals surface area contributed by atoms with Crippen LogP contribution in [0.25, 0.3) is 16.2 Å². The van der Waals surface area contributed by atoms with Crippen LogP contribution in [0.15, 0.2) is 41.9 Å². The number of thiazole rings is 1. The van der Waals surface area contributed by atoms with Gasteiger partial charge in [0, 0.05) is 35.4 Å². The molecule has 1 saturated carbocycles. The lowest BCUT2D eigenvalue weighted by atomic mass is 10.2. The van der Waals surface area contributed by atoms with E-state index in [-0.39, 0.29) is 5.91 Å². The summed E-state index contributed by atoms with van der Waals surface area (Å²) in [7, 11) is 0. The molecule has 25 heavy (non-hydrogen) atoms. The molecule has 0 spiro atoms. The fourth-order valence-electron chi connectivity index (χ4n) is 3.82. The van der Waals surface area contributed by atoms with Crippen molar-refractivity contribution < 1.29 is 4.79 Å². The van der Waals surface area contributed by atoms with Crippen LogP contribution >= 0.6 is 11.3 Å². The van der Waals surface area contributed by atoms with Crippen LogP contribution in [-0.2, 0) is 11.2 Å². The van der Waals surface area contributed by atoms with Crippen molar-refractivity contribution in [2.75, 3.05) is 6.54 Å². The van der Waals surface area contributed by atoms with E-state index < -0.39 is 0 Å². The van der Waals surface area contributed by atoms with Crippen molar-refractivity contribution in [1.29, 1.82) is 0 Å². The molecule has 1 aliphatic carbocycles. The molecule has 0 atom stereocenters. The van der Waals surface area contributed by atoms with Gasteiger partial charge in [-0.2, -0.15) is 0 Å². The van der Waals surface area contributed by atoms with Gasteiger partial charge < -0.3 is 4.90 Å². The van der Waals surface area contributed by atoms with E-state index in [9.17, 15) is 4.79 Å². The fourth-order valence-corrected chi connectivity index (χ4v) is 4.69. The highest BCUT2D eigenvalue weighted by atomic mass is 32.1. The first-order chi connectivity index (χ1) is 12.3. The lowest BCUT2D eigenvalue weighted by Gasteiger charge is -2.27. The Balaban J connectivity index is 1.57. The minimum absolute atomic E-state index is 0.240. The summed E-state index contributed by atoms with van der Waals surface area (Å²) < 4.78 is 2.08. The maximum absolute atomic E-state index is 12.8. The van der Waals surface area contributed by atoms with Crippen LogP contribution in [-0.4, -0.2) is 32.8 Å². The topological polar surface area (TPSA) is 37.6 Å². The Morgan fingerprint density at radius 1 is 1.28 bits per heavy atom. The van der Waals surface area contributed by atoms with Crippen molar-refractivity contribution in [3.8, 4) is 11.3 Å². The normalized spacial score (nSPS) is 15.1. The standard InChI is InChI=1S/C20H23N3OS/c1-2-22(16-10-6-7-11-16)19(24)12-17-14-25-20-21-18(13-23(17)20)15-8-4-3-5-9-15/h3-5,8-9,13-14,16H,2,6-7,10-12H2,1H3. The minimum atomic E-state index is 0.240. The van der Waals surface area contributed by atoms with Crippen LogP contribution in [0.2, 0.25) is 0 Å². The summed E-state index contributed by atoms with van der Waals surface area (Å²) in [5.74, 6) is 0.240. The van der Waals surface area contributed by atoms with Gasteiger partial charge in [0.25, 0.3) is 0 Å². The van der Waals surface area contributed by atoms with E-state index in [0.717, 1.165) is 41.3 Å². The van der Waals surface area contributed by atoms with Gasteiger partial charge in [0.05, 0.1) is 12.1 Å². The quantitative estimate of drug-likeness (QED) is 0.682. The third-order valence-electron chi connectivity index (χ3n) is 5.11. The van der Waals surface area contributed by atoms with Crippen LogP contribution in [0.3, 0.4) is 0 Å². The van der Waals surface area contributed by atoms with Gasteiger partial charge in [0.15, 0.2) is 4.96 Å². The Kier molecular flexibility index (Phi) is 4.57. The molecule has 1 fully saturated rings. The van der Waals surface area contributed by atoms with E-state index >= 15 is 0 Å². The number of carbonyl (C=O) groups is 1. The molecule has 2 aromatic heterocycles. The SMILES string of the molecule is CCN(C(=O)Cc1csc2nc(-c3ccccc3)cn12)C1CCCC1. The number of rotatable bonds is 5. The Morgan fingerprint density at radius 2 is 2.04 bits per heavy atom. The number of benzene rings is 1. The van der Waals surface area contributed by atoms with Gasteiger partial charge in [-0.3, -0.25) is 9.20 Å². The zero-order valence-corrected chi connectivity index (χ0v) is 15.3. The van der Waals surface area contributed by atoms with E-state index in [2.05, 4.69) is 39.9 Å². The maximum atomic E-state index is 12.8. The zero-order valence-electron chi connectivity index (χ0n) is 14.5. The second kappa shape index (κ2) is 7.00. The monoisotopic (exact) mass is 353 g/mol. The van der Waals surface area contributed by atoms with Gasteiger partial charge in [-0.05, 0) is 19.8 Å². The van der Waals surface area contributed by atoms with Gasteiger partial charge in [-0.25, -0.2) is 4.98 Å². The molecule has 4 rings (SSSR count). The Morgan fingerprint density at radius 3 is 2.76 bits per heavy atom. The summed E-state index contributed by atoms with van der Waals surface area (Å²) in [6.45, 7) is 2.89. The second-order valence-corrected chi connectivity index (χ2v) is 7.50. The van der Waals surface area contributed by atoms with E-state index in [4.69, 9.17) is 4.98 Å². The van der Waals surface area contributed by atoms with Gasteiger partial charge >= 0.3 is 0 Å². The zero-order chi connectivity index (χ0) is 17.2. The number of likely N-dealkylation sites (N-methyl/N-ethyl adjacent to an activating group) is 1. The number of hydrogen-bond donors (Lipinski definition) is 0. The number of nitrogens with zero attached hydrogens (tertiary/aromatic N) is 3. The van der Waals surface area contributed by atoms with Crippen molar-refractivity contribution in [3.05, 3.63) is 47.6 Å². The molecule has 5 heteroatoms. The van der Waals surface area contributed by atoms with Crippen LogP contribution in [0.1, 0.15) is 38.3 Å². The van der Waals surface area contributed by atoms with Crippen LogP contribution < -0.4 is 0 Å². The third-order valence-corrected chi connectivity index (χ3v) is 6.00. The Bertz CT molecular complexity index is 862. The molecular weight excluding hydrogens is 330 g/mol. The van der Waals surface area contributed by atoms with Gasteiger partial charge in [0.2, 0.25) is 5.91 Å². The summed E-state index contributed by atoms with van der Waals surface area (Å²) in [6, 6.07) is 10.6. The smallest absolute Gasteiger partial charge is 0.228 e. The number of aromatic nitrogens is 2. The molecule has 3 aromatic rings. The highest BCUT2D eigenvalue weighted by Crippen LogP contribution is 2.26. The van der Waals surface area contributed by atoms with Crippen molar-refractivity contribution in [2.24, 2.45) is 0 Å². The van der Waals surface area contributed by atoms with Crippen LogP contribution in [0.4, 0.5) is 0 Å². The number of carbonyl (C=O) groups excluding carboxylic acids is 1. The molecule has 0 radical (unpaired) electrons. The molecule has 0 N–H and O–H groups in total. The summed E-state index contributed by atoms with van der Waals surface area (Å²) in [5, 5.41) is 2.07. The maximum Gasteiger partial charge on any atom is 0.228 e. The fraction of sp³-hybridized carbons (Fsp3) is 0.400. The molecule has 2 heterocycles. The van der Waals surface area contributed by atoms with Crippen LogP contribution in [0.5, 0.6) is 0 Å². The molecule has 0 unspecified atom stereocenters. The molecular formula is C20H23N3OS. The Labute approximate surface area is 152 Å². The second-order valence-electron chi connectivity index (χ2n) is 6.67. The number of imidazole rings is 1. The predicted octanol–water partition coefficient (Wildman–Crippen LogP) is 4.40. The van der Waals surface area contributed by atoms with E-state index in [1.165, 1.54) is 12.8 Å². The first kappa shape index (κ1) is 16.3. The molecule has 130 valence electrons. The lowest BCUT2D eigenvalue weighted by molar-refractivity contribution is -0.132. The number of fused-ring (bicyclic) bond motifs is 1. The summed E-state index contributed by atoms with van der Waals surface area (Å²) in [5.41, 5.74) is 3.11. The summed E-state index contributed by atoms with van der Waals surface area (Å²) >= 11 is 1.60. The molecule has 1 amide bonds. The molecule has 0 bridgehead atoms. The molecule has 4 nitrogen and oxygen atoms in total. The highest BCUT2D eigenvalue weighted by Gasteiger charge is 2.26. The first-order valence-corrected chi connectivity index (χ1v) is 9.94. The summed E-state index contributed by atoms with van der Waals surface area (Å²) in [4.78, 5) is 20.6. The first-order valence-electron chi connectivity index (χ1n) is 9.06. The molecule has 0 saturated heterocycles. The average Bonchev–Trinajstić information content (AvgIpc) is 3.35. The largest absolute Gasteiger partial charge is 0.340 e. The van der Waals surface area contributed by atoms with E-state index in [1.807, 2.05) is 18.2 Å². The highest BCUT2D eigenvalue weighted by molar-refractivity contribution is 7.15. The predicted molar refractivity (Wildman–Crippen MR) is 102 cm³/mol. The van der Waals surface area contributed by atoms with Crippen molar-refractivity contribution in [2.45, 2.75) is 45.1 Å². The average molecular weight is 353 g/mol. The Hall–Kier alpha value is -2.14. The minimum Gasteiger partial charge on any atom is -0.340 e. The molecule has 1 aromatic carbocycles. The van der Waals surface area contributed by atoms with Gasteiger partial charge in [-0.1, -0.05) is 43.2 Å². The van der Waals surface area contributed by atoms with Crippen molar-refractivity contribution in [1.82, 2.24) is 14.3 Å². The molecule has 0 aliphatic heterocycles. The van der Waals surface area contributed by atoms with E-state index in [0.29, 0.717) is 12.5 Å². The number of amides is 1. The van der Waals surface area contributed by atoms with Gasteiger partial charge in [-0.15, -0.1) is 11.3 Å². The lowest BCUT2D eigenvalue weighted by Crippen LogP contribution is -2.39. The van der Waals surface area contributed by atoms with Gasteiger partial charge in [0.1, 0.15) is 0 Å². The van der Waals surface area contributed by atoms with Crippen LogP contribution in [0, 0.1) is 0 Å². The summed E-state index contributed by atoms with van der Waals surface area (Å²) in [6.07, 6.45) is 7.31. The van der Waals surface area contributed by atoms with Crippen molar-refractivity contribution in [3.63, 3.8) is 0 Å². The third kappa shape index (κ3) is 3.21. The van der Waals surface area contributed by atoms with Crippen molar-refractivity contribution >= 4 is 22.2 Å². The number of hydrogen-bond acceptors (Lipinski definition) is 3.